The first-order valence-electron chi connectivity index (χ1n) is 6.53. The number of hydrogen-bond donors (Lipinski definition) is 3. The molecule has 4 nitrogen and oxygen atoms in total. The number of anilines is 1. The molecule has 0 radical (unpaired) electrons. The zero-order valence-corrected chi connectivity index (χ0v) is 12.2. The van der Waals surface area contributed by atoms with E-state index >= 15 is 0 Å². The van der Waals surface area contributed by atoms with Crippen molar-refractivity contribution in [1.82, 2.24) is 5.32 Å². The molecule has 0 saturated heterocycles. The number of hydrogen-bond acceptors (Lipinski definition) is 3. The van der Waals surface area contributed by atoms with Crippen LogP contribution in [0.3, 0.4) is 0 Å². The first kappa shape index (κ1) is 15.5. The van der Waals surface area contributed by atoms with Crippen LogP contribution in [0.4, 0.5) is 5.69 Å². The van der Waals surface area contributed by atoms with Crippen LogP contribution in [0.2, 0.25) is 0 Å². The van der Waals surface area contributed by atoms with Crippen molar-refractivity contribution in [3.8, 4) is 0 Å². The number of nitrogens with two attached hydrogens (primary N) is 1. The number of amides is 1. The van der Waals surface area contributed by atoms with Gasteiger partial charge in [0.1, 0.15) is 0 Å². The van der Waals surface area contributed by atoms with Crippen molar-refractivity contribution < 1.29 is 9.90 Å². The van der Waals surface area contributed by atoms with Crippen LogP contribution in [-0.4, -0.2) is 23.7 Å². The van der Waals surface area contributed by atoms with Crippen molar-refractivity contribution in [3.05, 3.63) is 29.3 Å². The lowest BCUT2D eigenvalue weighted by molar-refractivity contribution is 0.0884. The first-order valence-corrected chi connectivity index (χ1v) is 6.53. The molecule has 0 saturated carbocycles. The molecule has 0 aliphatic carbocycles. The Morgan fingerprint density at radius 2 is 2.05 bits per heavy atom. The highest BCUT2D eigenvalue weighted by Crippen LogP contribution is 2.22. The second kappa shape index (κ2) is 6.06. The van der Waals surface area contributed by atoms with Crippen molar-refractivity contribution in [2.45, 2.75) is 40.2 Å². The van der Waals surface area contributed by atoms with Gasteiger partial charge in [0.25, 0.3) is 5.91 Å². The quantitative estimate of drug-likeness (QED) is 0.729. The molecule has 1 aromatic carbocycles. The largest absolute Gasteiger partial charge is 0.399 e. The monoisotopic (exact) mass is 264 g/mol. The number of carbonyl (C=O) groups is 1. The maximum Gasteiger partial charge on any atom is 0.251 e. The van der Waals surface area contributed by atoms with Gasteiger partial charge < -0.3 is 16.2 Å². The number of rotatable bonds is 4. The second-order valence-corrected chi connectivity index (χ2v) is 5.98. The molecule has 0 aliphatic rings. The average molecular weight is 264 g/mol. The summed E-state index contributed by atoms with van der Waals surface area (Å²) in [5, 5.41) is 12.1. The summed E-state index contributed by atoms with van der Waals surface area (Å²) >= 11 is 0. The van der Waals surface area contributed by atoms with Gasteiger partial charge >= 0.3 is 0 Å². The minimum absolute atomic E-state index is 0.0585. The Hall–Kier alpha value is -1.55. The first-order chi connectivity index (χ1) is 8.75. The third-order valence-corrected chi connectivity index (χ3v) is 3.26. The van der Waals surface area contributed by atoms with Crippen LogP contribution >= 0.6 is 0 Å². The zero-order chi connectivity index (χ0) is 14.6. The number of aryl methyl sites for hydroxylation is 1. The molecule has 4 N–H and O–H groups in total. The van der Waals surface area contributed by atoms with Crippen LogP contribution in [0.5, 0.6) is 0 Å². The lowest BCUT2D eigenvalue weighted by Gasteiger charge is -2.31. The smallest absolute Gasteiger partial charge is 0.251 e. The summed E-state index contributed by atoms with van der Waals surface area (Å²) in [7, 11) is 0. The molecule has 1 amide bonds. The highest BCUT2D eigenvalue weighted by molar-refractivity contribution is 5.96. The van der Waals surface area contributed by atoms with Crippen LogP contribution in [0.1, 0.15) is 43.1 Å². The van der Waals surface area contributed by atoms with Gasteiger partial charge in [0.2, 0.25) is 0 Å². The van der Waals surface area contributed by atoms with Crippen LogP contribution in [-0.2, 0) is 0 Å². The number of carbonyl (C=O) groups excluding carboxylic acids is 1. The van der Waals surface area contributed by atoms with Gasteiger partial charge in [-0.05, 0) is 42.5 Å². The molecular formula is C15H24N2O2. The van der Waals surface area contributed by atoms with E-state index < -0.39 is 0 Å². The minimum atomic E-state index is -0.120. The van der Waals surface area contributed by atoms with E-state index in [9.17, 15) is 4.79 Å². The summed E-state index contributed by atoms with van der Waals surface area (Å²) < 4.78 is 0. The number of aliphatic hydroxyl groups excluding tert-OH is 1. The second-order valence-electron chi connectivity index (χ2n) is 5.98. The lowest BCUT2D eigenvalue weighted by Crippen LogP contribution is -2.44. The van der Waals surface area contributed by atoms with E-state index in [1.807, 2.05) is 27.7 Å². The van der Waals surface area contributed by atoms with Crippen LogP contribution in [0.15, 0.2) is 18.2 Å². The van der Waals surface area contributed by atoms with Crippen LogP contribution in [0, 0.1) is 12.3 Å². The van der Waals surface area contributed by atoms with E-state index in [0.29, 0.717) is 17.7 Å². The van der Waals surface area contributed by atoms with Gasteiger partial charge in [-0.25, -0.2) is 0 Å². The molecule has 0 fully saturated rings. The Morgan fingerprint density at radius 3 is 2.53 bits per heavy atom. The topological polar surface area (TPSA) is 75.4 Å². The normalized spacial score (nSPS) is 13.1. The predicted octanol–water partition coefficient (Wildman–Crippen LogP) is 2.10. The summed E-state index contributed by atoms with van der Waals surface area (Å²) in [4.78, 5) is 12.3. The molecule has 1 aromatic rings. The third-order valence-electron chi connectivity index (χ3n) is 3.26. The third kappa shape index (κ3) is 4.24. The van der Waals surface area contributed by atoms with Gasteiger partial charge in [-0.3, -0.25) is 4.79 Å². The van der Waals surface area contributed by atoms with Crippen LogP contribution in [0.25, 0.3) is 0 Å². The number of aliphatic hydroxyl groups is 1. The van der Waals surface area contributed by atoms with Crippen molar-refractivity contribution in [1.29, 1.82) is 0 Å². The molecular weight excluding hydrogens is 240 g/mol. The maximum atomic E-state index is 12.3. The summed E-state index contributed by atoms with van der Waals surface area (Å²) in [6.45, 7) is 8.06. The summed E-state index contributed by atoms with van der Waals surface area (Å²) in [6.07, 6.45) is 0.545. The summed E-state index contributed by atoms with van der Waals surface area (Å²) in [6, 6.07) is 5.17. The molecule has 19 heavy (non-hydrogen) atoms. The average Bonchev–Trinajstić information content (AvgIpc) is 2.26. The number of benzene rings is 1. The molecule has 0 aromatic heterocycles. The fourth-order valence-electron chi connectivity index (χ4n) is 2.03. The Bertz CT molecular complexity index is 450. The van der Waals surface area contributed by atoms with Gasteiger partial charge in [-0.2, -0.15) is 0 Å². The number of nitrogen functional groups attached to an aromatic ring is 1. The van der Waals surface area contributed by atoms with E-state index in [-0.39, 0.29) is 24.0 Å². The molecule has 0 aliphatic heterocycles. The van der Waals surface area contributed by atoms with Gasteiger partial charge in [-0.1, -0.05) is 20.8 Å². The van der Waals surface area contributed by atoms with Crippen molar-refractivity contribution in [3.63, 3.8) is 0 Å². The molecule has 4 heteroatoms. The van der Waals surface area contributed by atoms with Gasteiger partial charge in [-0.15, -0.1) is 0 Å². The molecule has 1 unspecified atom stereocenters. The van der Waals surface area contributed by atoms with Gasteiger partial charge in [0, 0.05) is 23.9 Å². The van der Waals surface area contributed by atoms with Crippen molar-refractivity contribution in [2.75, 3.05) is 12.3 Å². The molecule has 0 spiro atoms. The molecule has 1 rings (SSSR count). The number of nitrogens with one attached hydrogen (secondary N) is 1. The minimum Gasteiger partial charge on any atom is -0.399 e. The summed E-state index contributed by atoms with van der Waals surface area (Å²) in [5.74, 6) is -0.120. The highest BCUT2D eigenvalue weighted by atomic mass is 16.3. The van der Waals surface area contributed by atoms with Crippen LogP contribution < -0.4 is 11.1 Å². The highest BCUT2D eigenvalue weighted by Gasteiger charge is 2.26. The molecule has 106 valence electrons. The Balaban J connectivity index is 2.88. The molecule has 0 bridgehead atoms. The lowest BCUT2D eigenvalue weighted by atomic mass is 9.84. The Kier molecular flexibility index (Phi) is 4.95. The SMILES string of the molecule is Cc1cc(N)ccc1C(=O)NC(CCO)C(C)(C)C. The standard InChI is InChI=1S/C15H24N2O2/c1-10-9-11(16)5-6-12(10)14(19)17-13(7-8-18)15(2,3)4/h5-6,9,13,18H,7-8,16H2,1-4H3,(H,17,19). The van der Waals surface area contributed by atoms with Gasteiger partial charge in [0.05, 0.1) is 0 Å². The van der Waals surface area contributed by atoms with E-state index in [1.54, 1.807) is 18.2 Å². The Labute approximate surface area is 115 Å². The van der Waals surface area contributed by atoms with E-state index in [2.05, 4.69) is 5.32 Å². The van der Waals surface area contributed by atoms with Gasteiger partial charge in [0.15, 0.2) is 0 Å². The maximum absolute atomic E-state index is 12.3. The summed E-state index contributed by atoms with van der Waals surface area (Å²) in [5.41, 5.74) is 7.72. The van der Waals surface area contributed by atoms with Crippen molar-refractivity contribution in [2.24, 2.45) is 5.41 Å². The molecule has 0 heterocycles. The fraction of sp³-hybridized carbons (Fsp3) is 0.533. The molecule has 1 atom stereocenters. The van der Waals surface area contributed by atoms with E-state index in [0.717, 1.165) is 5.56 Å². The van der Waals surface area contributed by atoms with E-state index in [1.165, 1.54) is 0 Å². The predicted molar refractivity (Wildman–Crippen MR) is 78.0 cm³/mol. The van der Waals surface area contributed by atoms with Crippen molar-refractivity contribution >= 4 is 11.6 Å². The zero-order valence-electron chi connectivity index (χ0n) is 12.2. The van der Waals surface area contributed by atoms with E-state index in [4.69, 9.17) is 10.8 Å². The fourth-order valence-corrected chi connectivity index (χ4v) is 2.03. The Morgan fingerprint density at radius 1 is 1.42 bits per heavy atom.